The number of rotatable bonds is 5. The number of carbonyl (C=O) groups excluding carboxylic acids is 1. The maximum absolute atomic E-state index is 13.2. The molecule has 0 saturated heterocycles. The Morgan fingerprint density at radius 3 is 1.91 bits per heavy atom. The van der Waals surface area contributed by atoms with Crippen molar-refractivity contribution >= 4 is 16.0 Å². The van der Waals surface area contributed by atoms with E-state index in [4.69, 9.17) is 0 Å². The zero-order valence-corrected chi connectivity index (χ0v) is 19.2. The number of hydrogen-bond donors (Lipinski definition) is 0. The quantitative estimate of drug-likeness (QED) is 0.431. The Kier molecular flexibility index (Phi) is 8.05. The van der Waals surface area contributed by atoms with Gasteiger partial charge in [0.05, 0.1) is 30.7 Å². The monoisotopic (exact) mass is 457 g/mol. The molecule has 0 radical (unpaired) electrons. The molecule has 0 amide bonds. The molecular weight excluding hydrogens is 434 g/mol. The molecule has 5 nitrogen and oxygen atoms in total. The highest BCUT2D eigenvalue weighted by Gasteiger charge is 2.22. The molecule has 0 bridgehead atoms. The van der Waals surface area contributed by atoms with Crippen LogP contribution >= 0.6 is 0 Å². The van der Waals surface area contributed by atoms with Crippen LogP contribution in [0.15, 0.2) is 83.8 Å². The summed E-state index contributed by atoms with van der Waals surface area (Å²) in [4.78, 5) is 11.7. The van der Waals surface area contributed by atoms with Gasteiger partial charge in [0.25, 0.3) is 0 Å². The lowest BCUT2D eigenvalue weighted by Crippen LogP contribution is -2.32. The van der Waals surface area contributed by atoms with E-state index >= 15 is 0 Å². The molecule has 0 fully saturated rings. The Labute approximate surface area is 195 Å². The largest absolute Gasteiger partial charge is 0.465 e. The number of hydrogen-bond acceptors (Lipinski definition) is 4. The fraction of sp³-hybridized carbons (Fsp3) is 0.148. The van der Waals surface area contributed by atoms with Gasteiger partial charge >= 0.3 is 5.97 Å². The second-order valence-corrected chi connectivity index (χ2v) is 9.06. The number of aryl methyl sites for hydroxylation is 1. The number of sulfonamides is 1. The zero-order valence-electron chi connectivity index (χ0n) is 18.4. The highest BCUT2D eigenvalue weighted by atomic mass is 32.2. The van der Waals surface area contributed by atoms with Crippen molar-refractivity contribution in [2.45, 2.75) is 11.8 Å². The lowest BCUT2D eigenvalue weighted by atomic mass is 10.1. The number of methoxy groups -OCH3 is 1. The van der Waals surface area contributed by atoms with Crippen molar-refractivity contribution in [1.82, 2.24) is 4.31 Å². The van der Waals surface area contributed by atoms with Crippen LogP contribution in [0.2, 0.25) is 0 Å². The molecule has 166 valence electrons. The third-order valence-corrected chi connectivity index (χ3v) is 6.52. The minimum atomic E-state index is -3.78. The molecular formula is C27H23NO4S. The maximum Gasteiger partial charge on any atom is 0.337 e. The van der Waals surface area contributed by atoms with E-state index in [2.05, 4.69) is 28.4 Å². The second kappa shape index (κ2) is 11.2. The van der Waals surface area contributed by atoms with E-state index in [1.54, 1.807) is 48.5 Å². The van der Waals surface area contributed by atoms with Crippen LogP contribution < -0.4 is 0 Å². The highest BCUT2D eigenvalue weighted by Crippen LogP contribution is 2.16. The van der Waals surface area contributed by atoms with Crippen LogP contribution in [0.4, 0.5) is 0 Å². The van der Waals surface area contributed by atoms with Crippen LogP contribution in [0, 0.1) is 30.6 Å². The van der Waals surface area contributed by atoms with Crippen LogP contribution in [0.3, 0.4) is 0 Å². The van der Waals surface area contributed by atoms with E-state index in [9.17, 15) is 13.2 Å². The van der Waals surface area contributed by atoms with Crippen LogP contribution in [0.5, 0.6) is 0 Å². The first-order valence-electron chi connectivity index (χ1n) is 10.2. The minimum absolute atomic E-state index is 0.00105. The van der Waals surface area contributed by atoms with Gasteiger partial charge in [-0.05, 0) is 55.5 Å². The fourth-order valence-corrected chi connectivity index (χ4v) is 4.12. The van der Waals surface area contributed by atoms with Crippen molar-refractivity contribution in [2.75, 3.05) is 20.2 Å². The van der Waals surface area contributed by atoms with Crippen molar-refractivity contribution in [1.29, 1.82) is 0 Å². The summed E-state index contributed by atoms with van der Waals surface area (Å²) in [7, 11) is -2.46. The molecule has 0 aliphatic carbocycles. The molecule has 33 heavy (non-hydrogen) atoms. The molecule has 0 saturated carbocycles. The van der Waals surface area contributed by atoms with Gasteiger partial charge in [-0.1, -0.05) is 59.6 Å². The van der Waals surface area contributed by atoms with E-state index in [-0.39, 0.29) is 18.0 Å². The van der Waals surface area contributed by atoms with E-state index in [0.29, 0.717) is 11.1 Å². The molecule has 0 heterocycles. The van der Waals surface area contributed by atoms with Gasteiger partial charge in [0, 0.05) is 11.1 Å². The lowest BCUT2D eigenvalue weighted by molar-refractivity contribution is 0.0600. The summed E-state index contributed by atoms with van der Waals surface area (Å²) in [5.41, 5.74) is 2.86. The van der Waals surface area contributed by atoms with Crippen LogP contribution in [-0.2, 0) is 14.8 Å². The Bertz CT molecular complexity index is 1320. The number of nitrogens with zero attached hydrogens (tertiary/aromatic N) is 1. The summed E-state index contributed by atoms with van der Waals surface area (Å²) >= 11 is 0. The molecule has 0 aromatic heterocycles. The lowest BCUT2D eigenvalue weighted by Gasteiger charge is -2.17. The van der Waals surface area contributed by atoms with Gasteiger partial charge in [0.1, 0.15) is 0 Å². The molecule has 0 atom stereocenters. The predicted octanol–water partition coefficient (Wildman–Crippen LogP) is 3.88. The zero-order chi connectivity index (χ0) is 23.7. The van der Waals surface area contributed by atoms with Crippen LogP contribution in [-0.4, -0.2) is 38.9 Å². The van der Waals surface area contributed by atoms with Crippen LogP contribution in [0.25, 0.3) is 0 Å². The van der Waals surface area contributed by atoms with Crippen molar-refractivity contribution in [3.8, 4) is 23.7 Å². The minimum Gasteiger partial charge on any atom is -0.465 e. The molecule has 3 aromatic carbocycles. The summed E-state index contributed by atoms with van der Waals surface area (Å²) in [6.45, 7) is 1.87. The average Bonchev–Trinajstić information content (AvgIpc) is 2.84. The van der Waals surface area contributed by atoms with E-state index in [1.807, 2.05) is 37.3 Å². The van der Waals surface area contributed by atoms with Gasteiger partial charge < -0.3 is 4.74 Å². The first-order chi connectivity index (χ1) is 15.9. The topological polar surface area (TPSA) is 63.7 Å². The summed E-state index contributed by atoms with van der Waals surface area (Å²) in [6, 6.07) is 22.7. The number of esters is 1. The smallest absolute Gasteiger partial charge is 0.337 e. The Balaban J connectivity index is 1.83. The summed E-state index contributed by atoms with van der Waals surface area (Å²) in [5.74, 6) is 11.4. The molecule has 3 rings (SSSR count). The second-order valence-electron chi connectivity index (χ2n) is 7.12. The average molecular weight is 458 g/mol. The van der Waals surface area contributed by atoms with Crippen molar-refractivity contribution in [3.05, 3.63) is 101 Å². The Morgan fingerprint density at radius 1 is 0.818 bits per heavy atom. The predicted molar refractivity (Wildman–Crippen MR) is 128 cm³/mol. The maximum atomic E-state index is 13.2. The molecule has 0 aliphatic heterocycles. The van der Waals surface area contributed by atoms with Crippen molar-refractivity contribution in [2.24, 2.45) is 0 Å². The molecule has 0 unspecified atom stereocenters. The van der Waals surface area contributed by atoms with E-state index in [0.717, 1.165) is 11.1 Å². The molecule has 0 spiro atoms. The SMILES string of the molecule is COC(=O)c1ccc(C#CCN(CC#Cc2ccccc2)S(=O)(=O)c2ccc(C)cc2)cc1. The molecule has 0 aliphatic rings. The van der Waals surface area contributed by atoms with Gasteiger partial charge in [0.2, 0.25) is 10.0 Å². The molecule has 6 heteroatoms. The molecule has 3 aromatic rings. The van der Waals surface area contributed by atoms with E-state index in [1.165, 1.54) is 11.4 Å². The fourth-order valence-electron chi connectivity index (χ4n) is 2.87. The van der Waals surface area contributed by atoms with E-state index < -0.39 is 16.0 Å². The number of benzene rings is 3. The van der Waals surface area contributed by atoms with Gasteiger partial charge in [-0.15, -0.1) is 0 Å². The van der Waals surface area contributed by atoms with Crippen molar-refractivity contribution < 1.29 is 17.9 Å². The van der Waals surface area contributed by atoms with Crippen LogP contribution in [0.1, 0.15) is 27.0 Å². The Hall–Kier alpha value is -3.84. The van der Waals surface area contributed by atoms with Gasteiger partial charge in [-0.25, -0.2) is 13.2 Å². The normalized spacial score (nSPS) is 10.5. The van der Waals surface area contributed by atoms with Gasteiger partial charge in [-0.3, -0.25) is 0 Å². The first kappa shape index (κ1) is 23.8. The number of carbonyl (C=O) groups is 1. The third kappa shape index (κ3) is 6.57. The van der Waals surface area contributed by atoms with Gasteiger partial charge in [-0.2, -0.15) is 4.31 Å². The highest BCUT2D eigenvalue weighted by molar-refractivity contribution is 7.89. The third-order valence-electron chi connectivity index (χ3n) is 4.71. The summed E-state index contributed by atoms with van der Waals surface area (Å²) < 4.78 is 32.4. The summed E-state index contributed by atoms with van der Waals surface area (Å²) in [6.07, 6.45) is 0. The summed E-state index contributed by atoms with van der Waals surface area (Å²) in [5, 5.41) is 0. The number of ether oxygens (including phenoxy) is 1. The first-order valence-corrected chi connectivity index (χ1v) is 11.6. The van der Waals surface area contributed by atoms with Crippen molar-refractivity contribution in [3.63, 3.8) is 0 Å². The van der Waals surface area contributed by atoms with Gasteiger partial charge in [0.15, 0.2) is 0 Å². The molecule has 0 N–H and O–H groups in total. The Morgan fingerprint density at radius 2 is 1.36 bits per heavy atom. The standard InChI is InChI=1S/C27H23NO4S/c1-22-12-18-26(19-13-22)33(30,31)28(20-6-10-23-8-4-3-5-9-23)21-7-11-24-14-16-25(17-15-24)27(29)32-2/h3-5,8-9,12-19H,20-21H2,1-2H3.